The van der Waals surface area contributed by atoms with E-state index in [0.717, 1.165) is 21.5 Å². The minimum Gasteiger partial charge on any atom is -0.492 e. The van der Waals surface area contributed by atoms with Crippen molar-refractivity contribution in [2.75, 3.05) is 6.61 Å². The molecule has 0 atom stereocenters. The predicted molar refractivity (Wildman–Crippen MR) is 85.4 cm³/mol. The van der Waals surface area contributed by atoms with E-state index in [4.69, 9.17) is 4.74 Å². The number of hydrogen-bond donors (Lipinski definition) is 1. The van der Waals surface area contributed by atoms with Crippen molar-refractivity contribution in [3.05, 3.63) is 50.6 Å². The van der Waals surface area contributed by atoms with Crippen LogP contribution < -0.4 is 10.1 Å². The summed E-state index contributed by atoms with van der Waals surface area (Å²) in [6, 6.07) is 9.36. The van der Waals surface area contributed by atoms with Crippen molar-refractivity contribution in [1.82, 2.24) is 5.32 Å². The Labute approximate surface area is 131 Å². The molecule has 0 bridgehead atoms. The molecule has 2 aromatic rings. The molecule has 20 heavy (non-hydrogen) atoms. The van der Waals surface area contributed by atoms with Crippen molar-refractivity contribution in [1.29, 1.82) is 0 Å². The van der Waals surface area contributed by atoms with Gasteiger partial charge >= 0.3 is 0 Å². The Bertz CT molecular complexity index is 569. The maximum absolute atomic E-state index is 12.0. The highest BCUT2D eigenvalue weighted by Crippen LogP contribution is 2.26. The normalized spacial score (nSPS) is 10.3. The molecule has 5 heteroatoms. The number of carbonyl (C=O) groups excluding carboxylic acids is 1. The van der Waals surface area contributed by atoms with E-state index in [1.54, 1.807) is 23.5 Å². The minimum atomic E-state index is -0.0823. The average molecular weight is 354 g/mol. The summed E-state index contributed by atoms with van der Waals surface area (Å²) in [6.07, 6.45) is 0.954. The van der Waals surface area contributed by atoms with Crippen LogP contribution in [0.25, 0.3) is 0 Å². The minimum absolute atomic E-state index is 0.0823. The Kier molecular flexibility index (Phi) is 5.61. The van der Waals surface area contributed by atoms with Crippen molar-refractivity contribution in [2.45, 2.75) is 19.9 Å². The van der Waals surface area contributed by atoms with Crippen LogP contribution in [0.15, 0.2) is 40.2 Å². The standard InChI is InChI=1S/C15H16BrNO2S/c1-2-7-19-14-6-5-11(9-13(14)16)15(18)17-10-12-4-3-8-20-12/h3-6,8-9H,2,7,10H2,1H3,(H,17,18). The maximum Gasteiger partial charge on any atom is 0.251 e. The second kappa shape index (κ2) is 7.45. The molecule has 1 aromatic carbocycles. The van der Waals surface area contributed by atoms with Crippen LogP contribution in [-0.2, 0) is 6.54 Å². The zero-order chi connectivity index (χ0) is 14.4. The number of hydrogen-bond acceptors (Lipinski definition) is 3. The largest absolute Gasteiger partial charge is 0.492 e. The SMILES string of the molecule is CCCOc1ccc(C(=O)NCc2cccs2)cc1Br. The summed E-state index contributed by atoms with van der Waals surface area (Å²) < 4.78 is 6.36. The quantitative estimate of drug-likeness (QED) is 0.843. The third-order valence-electron chi connectivity index (χ3n) is 2.66. The maximum atomic E-state index is 12.0. The van der Waals surface area contributed by atoms with Crippen molar-refractivity contribution >= 4 is 33.2 Å². The lowest BCUT2D eigenvalue weighted by Crippen LogP contribution is -2.22. The zero-order valence-electron chi connectivity index (χ0n) is 11.2. The van der Waals surface area contributed by atoms with Gasteiger partial charge in [0.05, 0.1) is 17.6 Å². The summed E-state index contributed by atoms with van der Waals surface area (Å²) in [4.78, 5) is 13.2. The number of carbonyl (C=O) groups is 1. The van der Waals surface area contributed by atoms with Gasteiger partial charge in [0.2, 0.25) is 0 Å². The first-order valence-corrected chi connectivity index (χ1v) is 8.11. The van der Waals surface area contributed by atoms with Gasteiger partial charge in [-0.25, -0.2) is 0 Å². The van der Waals surface area contributed by atoms with E-state index < -0.39 is 0 Å². The van der Waals surface area contributed by atoms with Crippen LogP contribution in [0.1, 0.15) is 28.6 Å². The molecule has 1 amide bonds. The number of halogens is 1. The molecule has 0 spiro atoms. The van der Waals surface area contributed by atoms with E-state index in [0.29, 0.717) is 18.7 Å². The molecule has 3 nitrogen and oxygen atoms in total. The molecule has 1 N–H and O–H groups in total. The van der Waals surface area contributed by atoms with Crippen molar-refractivity contribution in [2.24, 2.45) is 0 Å². The van der Waals surface area contributed by atoms with Gasteiger partial charge in [0.25, 0.3) is 5.91 Å². The molecule has 0 saturated carbocycles. The van der Waals surface area contributed by atoms with Crippen LogP contribution >= 0.6 is 27.3 Å². The third-order valence-corrected chi connectivity index (χ3v) is 4.16. The van der Waals surface area contributed by atoms with Crippen molar-refractivity contribution < 1.29 is 9.53 Å². The summed E-state index contributed by atoms with van der Waals surface area (Å²) >= 11 is 5.06. The summed E-state index contributed by atoms with van der Waals surface area (Å²) in [6.45, 7) is 3.28. The van der Waals surface area contributed by atoms with Gasteiger partial charge < -0.3 is 10.1 Å². The Morgan fingerprint density at radius 3 is 2.90 bits per heavy atom. The fraction of sp³-hybridized carbons (Fsp3) is 0.267. The highest BCUT2D eigenvalue weighted by atomic mass is 79.9. The second-order valence-corrected chi connectivity index (χ2v) is 6.14. The average Bonchev–Trinajstić information content (AvgIpc) is 2.96. The van der Waals surface area contributed by atoms with Crippen molar-refractivity contribution in [3.63, 3.8) is 0 Å². The van der Waals surface area contributed by atoms with Crippen molar-refractivity contribution in [3.8, 4) is 5.75 Å². The molecule has 0 aliphatic rings. The molecule has 1 heterocycles. The molecule has 0 radical (unpaired) electrons. The van der Waals surface area contributed by atoms with Gasteiger partial charge in [-0.1, -0.05) is 13.0 Å². The topological polar surface area (TPSA) is 38.3 Å². The van der Waals surface area contributed by atoms with E-state index in [-0.39, 0.29) is 5.91 Å². The zero-order valence-corrected chi connectivity index (χ0v) is 13.6. The van der Waals surface area contributed by atoms with E-state index in [1.165, 1.54) is 0 Å². The molecule has 0 unspecified atom stereocenters. The van der Waals surface area contributed by atoms with Gasteiger partial charge in [0.15, 0.2) is 0 Å². The number of ether oxygens (including phenoxy) is 1. The molecular weight excluding hydrogens is 338 g/mol. The van der Waals surface area contributed by atoms with Gasteiger partial charge in [-0.05, 0) is 52.0 Å². The Balaban J connectivity index is 1.97. The fourth-order valence-corrected chi connectivity index (χ4v) is 2.79. The fourth-order valence-electron chi connectivity index (χ4n) is 1.65. The third kappa shape index (κ3) is 4.08. The highest BCUT2D eigenvalue weighted by molar-refractivity contribution is 9.10. The number of nitrogens with one attached hydrogen (secondary N) is 1. The molecule has 0 saturated heterocycles. The van der Waals surface area contributed by atoms with E-state index in [1.807, 2.05) is 23.6 Å². The van der Waals surface area contributed by atoms with Crippen LogP contribution in [0.5, 0.6) is 5.75 Å². The first-order chi connectivity index (χ1) is 9.70. The first-order valence-electron chi connectivity index (χ1n) is 6.43. The lowest BCUT2D eigenvalue weighted by atomic mass is 10.2. The van der Waals surface area contributed by atoms with Gasteiger partial charge in [0.1, 0.15) is 5.75 Å². The molecule has 106 valence electrons. The summed E-state index contributed by atoms with van der Waals surface area (Å²) in [7, 11) is 0. The van der Waals surface area contributed by atoms with E-state index in [9.17, 15) is 4.79 Å². The van der Waals surface area contributed by atoms with Gasteiger partial charge in [-0.15, -0.1) is 11.3 Å². The lowest BCUT2D eigenvalue weighted by Gasteiger charge is -2.09. The Hall–Kier alpha value is -1.33. The lowest BCUT2D eigenvalue weighted by molar-refractivity contribution is 0.0951. The molecule has 1 aromatic heterocycles. The molecule has 2 rings (SSSR count). The summed E-state index contributed by atoms with van der Waals surface area (Å²) in [5, 5.41) is 4.90. The van der Waals surface area contributed by atoms with Gasteiger partial charge in [-0.2, -0.15) is 0 Å². The number of amides is 1. The summed E-state index contributed by atoms with van der Waals surface area (Å²) in [5.41, 5.74) is 0.622. The second-order valence-electron chi connectivity index (χ2n) is 4.26. The molecular formula is C15H16BrNO2S. The van der Waals surface area contributed by atoms with Gasteiger partial charge in [0, 0.05) is 10.4 Å². The summed E-state index contributed by atoms with van der Waals surface area (Å²) in [5.74, 6) is 0.683. The van der Waals surface area contributed by atoms with E-state index in [2.05, 4.69) is 28.2 Å². The Morgan fingerprint density at radius 2 is 2.25 bits per heavy atom. The molecule has 0 fully saturated rings. The van der Waals surface area contributed by atoms with Gasteiger partial charge in [-0.3, -0.25) is 4.79 Å². The monoisotopic (exact) mass is 353 g/mol. The molecule has 0 aliphatic heterocycles. The smallest absolute Gasteiger partial charge is 0.251 e. The predicted octanol–water partition coefficient (Wildman–Crippen LogP) is 4.23. The van der Waals surface area contributed by atoms with Crippen LogP contribution in [0.2, 0.25) is 0 Å². The Morgan fingerprint density at radius 1 is 1.40 bits per heavy atom. The van der Waals surface area contributed by atoms with Crippen LogP contribution in [0.3, 0.4) is 0 Å². The van der Waals surface area contributed by atoms with E-state index >= 15 is 0 Å². The van der Waals surface area contributed by atoms with Crippen LogP contribution in [-0.4, -0.2) is 12.5 Å². The van der Waals surface area contributed by atoms with Crippen LogP contribution in [0.4, 0.5) is 0 Å². The van der Waals surface area contributed by atoms with Crippen LogP contribution in [0, 0.1) is 0 Å². The first kappa shape index (κ1) is 15.1. The highest BCUT2D eigenvalue weighted by Gasteiger charge is 2.09. The number of benzene rings is 1. The molecule has 0 aliphatic carbocycles. The number of thiophene rings is 1. The number of rotatable bonds is 6.